The average molecular weight is 445 g/mol. The molecule has 0 bridgehead atoms. The highest BCUT2D eigenvalue weighted by Gasteiger charge is 2.65. The van der Waals surface area contributed by atoms with Gasteiger partial charge >= 0.3 is 5.97 Å². The van der Waals surface area contributed by atoms with Gasteiger partial charge in [-0.3, -0.25) is 9.69 Å². The van der Waals surface area contributed by atoms with Crippen molar-refractivity contribution in [1.82, 2.24) is 4.90 Å². The summed E-state index contributed by atoms with van der Waals surface area (Å²) in [5, 5.41) is 0.775. The molecule has 3 heterocycles. The molecule has 5 nitrogen and oxygen atoms in total. The summed E-state index contributed by atoms with van der Waals surface area (Å²) >= 11 is 6.03. The van der Waals surface area contributed by atoms with Gasteiger partial charge in [0.25, 0.3) is 0 Å². The molecule has 1 aromatic carbocycles. The van der Waals surface area contributed by atoms with Crippen molar-refractivity contribution in [3.05, 3.63) is 29.3 Å². The molecule has 3 saturated heterocycles. The molecule has 6 heteroatoms. The van der Waals surface area contributed by atoms with E-state index in [4.69, 9.17) is 21.1 Å². The molecule has 2 saturated carbocycles. The fraction of sp³-hybridized carbons (Fsp3) is 0.720. The Labute approximate surface area is 190 Å². The predicted octanol–water partition coefficient (Wildman–Crippen LogP) is 3.99. The van der Waals surface area contributed by atoms with Crippen LogP contribution in [-0.2, 0) is 14.3 Å². The molecule has 0 unspecified atom stereocenters. The summed E-state index contributed by atoms with van der Waals surface area (Å²) < 4.78 is 12.0. The summed E-state index contributed by atoms with van der Waals surface area (Å²) in [7, 11) is 0. The lowest BCUT2D eigenvalue weighted by atomic mass is 9.53. The Bertz CT molecular complexity index is 849. The van der Waals surface area contributed by atoms with Gasteiger partial charge in [-0.05, 0) is 67.7 Å². The molecule has 0 radical (unpaired) electrons. The Morgan fingerprint density at radius 2 is 1.87 bits per heavy atom. The maximum absolute atomic E-state index is 12.9. The zero-order valence-electron chi connectivity index (χ0n) is 18.4. The number of epoxide rings is 1. The van der Waals surface area contributed by atoms with E-state index < -0.39 is 0 Å². The molecule has 168 valence electrons. The molecule has 5 fully saturated rings. The first-order chi connectivity index (χ1) is 15.0. The molecule has 0 N–H and O–H groups in total. The maximum atomic E-state index is 12.9. The summed E-state index contributed by atoms with van der Waals surface area (Å²) in [6.07, 6.45) is 5.95. The van der Waals surface area contributed by atoms with Gasteiger partial charge in [-0.15, -0.1) is 0 Å². The average Bonchev–Trinajstić information content (AvgIpc) is 3.46. The van der Waals surface area contributed by atoms with Gasteiger partial charge in [-0.25, -0.2) is 0 Å². The van der Waals surface area contributed by atoms with Crippen LogP contribution >= 0.6 is 11.6 Å². The summed E-state index contributed by atoms with van der Waals surface area (Å²) in [6.45, 7) is 8.12. The van der Waals surface area contributed by atoms with E-state index in [1.165, 1.54) is 24.9 Å². The first-order valence-corrected chi connectivity index (χ1v) is 12.4. The summed E-state index contributed by atoms with van der Waals surface area (Å²) in [6, 6.07) is 8.10. The lowest BCUT2D eigenvalue weighted by molar-refractivity contribution is -0.147. The van der Waals surface area contributed by atoms with Crippen molar-refractivity contribution in [2.75, 3.05) is 44.2 Å². The Hall–Kier alpha value is -1.30. The SMILES string of the molecule is C[C@]12CCC[C@]3(CO3)[C@@H]1C[C@H]1[C@H](CN3CCN(c4ccc(Cl)cc4)CC3)C(=O)O[C@@H]1C2. The van der Waals surface area contributed by atoms with Crippen LogP contribution in [0.3, 0.4) is 0 Å². The Morgan fingerprint density at radius 1 is 1.13 bits per heavy atom. The van der Waals surface area contributed by atoms with E-state index in [1.54, 1.807) is 0 Å². The maximum Gasteiger partial charge on any atom is 0.310 e. The normalized spacial score (nSPS) is 42.3. The summed E-state index contributed by atoms with van der Waals surface area (Å²) in [5.41, 5.74) is 1.62. The van der Waals surface area contributed by atoms with Gasteiger partial charge in [-0.1, -0.05) is 18.5 Å². The van der Waals surface area contributed by atoms with Crippen LogP contribution in [0.4, 0.5) is 5.69 Å². The van der Waals surface area contributed by atoms with E-state index in [2.05, 4.69) is 28.9 Å². The molecule has 3 aliphatic heterocycles. The van der Waals surface area contributed by atoms with Crippen molar-refractivity contribution >= 4 is 23.3 Å². The fourth-order valence-corrected chi connectivity index (χ4v) is 7.41. The zero-order valence-corrected chi connectivity index (χ0v) is 19.2. The topological polar surface area (TPSA) is 45.3 Å². The van der Waals surface area contributed by atoms with Crippen molar-refractivity contribution in [1.29, 1.82) is 0 Å². The molecule has 6 atom stereocenters. The van der Waals surface area contributed by atoms with Crippen LogP contribution in [-0.4, -0.2) is 61.9 Å². The van der Waals surface area contributed by atoms with E-state index >= 15 is 0 Å². The Morgan fingerprint density at radius 3 is 2.58 bits per heavy atom. The number of esters is 1. The van der Waals surface area contributed by atoms with Crippen molar-refractivity contribution < 1.29 is 14.3 Å². The van der Waals surface area contributed by atoms with Gasteiger partial charge in [0.05, 0.1) is 18.1 Å². The molecule has 0 aromatic heterocycles. The van der Waals surface area contributed by atoms with Crippen LogP contribution in [0.1, 0.15) is 39.0 Å². The zero-order chi connectivity index (χ0) is 21.2. The first kappa shape index (κ1) is 20.3. The predicted molar refractivity (Wildman–Crippen MR) is 120 cm³/mol. The number of anilines is 1. The van der Waals surface area contributed by atoms with Gasteiger partial charge in [0, 0.05) is 49.4 Å². The molecule has 5 aliphatic rings. The molecule has 31 heavy (non-hydrogen) atoms. The van der Waals surface area contributed by atoms with E-state index in [-0.39, 0.29) is 29.0 Å². The van der Waals surface area contributed by atoms with Crippen LogP contribution in [0.25, 0.3) is 0 Å². The third-order valence-corrected chi connectivity index (χ3v) is 9.35. The van der Waals surface area contributed by atoms with Gasteiger partial charge in [-0.2, -0.15) is 0 Å². The molecular formula is C25H33ClN2O3. The minimum atomic E-state index is 0.0226. The number of halogens is 1. The number of nitrogens with zero attached hydrogens (tertiary/aromatic N) is 2. The summed E-state index contributed by atoms with van der Waals surface area (Å²) in [5.74, 6) is 1.02. The number of ether oxygens (including phenoxy) is 2. The highest BCUT2D eigenvalue weighted by atomic mass is 35.5. The van der Waals surface area contributed by atoms with Crippen LogP contribution in [0, 0.1) is 23.2 Å². The number of carbonyl (C=O) groups is 1. The Balaban J connectivity index is 1.11. The monoisotopic (exact) mass is 444 g/mol. The standard InChI is InChI=1S/C25H33ClN2O3/c1-24-7-2-8-25(16-30-25)22(24)13-19-20(23(29)31-21(19)14-24)15-27-9-11-28(12-10-27)18-5-3-17(26)4-6-18/h3-6,19-22H,2,7-16H2,1H3/t19-,20-,21+,22+,24+,25-/m0/s1. The lowest BCUT2D eigenvalue weighted by Gasteiger charge is -2.51. The van der Waals surface area contributed by atoms with Crippen molar-refractivity contribution in [2.24, 2.45) is 23.2 Å². The molecule has 2 aliphatic carbocycles. The molecule has 0 amide bonds. The number of fused-ring (bicyclic) bond motifs is 3. The minimum Gasteiger partial charge on any atom is -0.462 e. The van der Waals surface area contributed by atoms with E-state index in [1.807, 2.05) is 12.1 Å². The second-order valence-electron chi connectivity index (χ2n) is 10.9. The first-order valence-electron chi connectivity index (χ1n) is 12.0. The van der Waals surface area contributed by atoms with E-state index in [0.29, 0.717) is 11.8 Å². The largest absolute Gasteiger partial charge is 0.462 e. The van der Waals surface area contributed by atoms with Crippen molar-refractivity contribution in [2.45, 2.75) is 50.7 Å². The second-order valence-corrected chi connectivity index (χ2v) is 11.3. The quantitative estimate of drug-likeness (QED) is 0.521. The third kappa shape index (κ3) is 3.48. The molecular weight excluding hydrogens is 412 g/mol. The number of carbonyl (C=O) groups excluding carboxylic acids is 1. The van der Waals surface area contributed by atoms with Crippen LogP contribution in [0.5, 0.6) is 0 Å². The number of hydrogen-bond donors (Lipinski definition) is 0. The second kappa shape index (κ2) is 7.36. The van der Waals surface area contributed by atoms with Crippen molar-refractivity contribution in [3.8, 4) is 0 Å². The van der Waals surface area contributed by atoms with Crippen molar-refractivity contribution in [3.63, 3.8) is 0 Å². The number of hydrogen-bond acceptors (Lipinski definition) is 5. The summed E-state index contributed by atoms with van der Waals surface area (Å²) in [4.78, 5) is 17.8. The third-order valence-electron chi connectivity index (χ3n) is 9.10. The number of rotatable bonds is 3. The van der Waals surface area contributed by atoms with Crippen LogP contribution in [0.2, 0.25) is 5.02 Å². The molecule has 1 spiro atoms. The smallest absolute Gasteiger partial charge is 0.310 e. The highest BCUT2D eigenvalue weighted by Crippen LogP contribution is 2.62. The fourth-order valence-electron chi connectivity index (χ4n) is 7.28. The molecule has 6 rings (SSSR count). The number of benzene rings is 1. The van der Waals surface area contributed by atoms with Crippen LogP contribution in [0.15, 0.2) is 24.3 Å². The van der Waals surface area contributed by atoms with Crippen LogP contribution < -0.4 is 4.90 Å². The van der Waals surface area contributed by atoms with Gasteiger partial charge in [0.1, 0.15) is 6.10 Å². The van der Waals surface area contributed by atoms with E-state index in [9.17, 15) is 4.79 Å². The lowest BCUT2D eigenvalue weighted by Crippen LogP contribution is -2.52. The van der Waals surface area contributed by atoms with E-state index in [0.717, 1.165) is 57.2 Å². The van der Waals surface area contributed by atoms with Gasteiger partial charge in [0.2, 0.25) is 0 Å². The van der Waals surface area contributed by atoms with Gasteiger partial charge < -0.3 is 14.4 Å². The highest BCUT2D eigenvalue weighted by molar-refractivity contribution is 6.30. The Kier molecular flexibility index (Phi) is 4.82. The minimum absolute atomic E-state index is 0.0226. The number of piperazine rings is 1. The van der Waals surface area contributed by atoms with Gasteiger partial charge in [0.15, 0.2) is 0 Å². The molecule has 1 aromatic rings.